The van der Waals surface area contributed by atoms with Crippen molar-refractivity contribution in [2.75, 3.05) is 7.11 Å². The summed E-state index contributed by atoms with van der Waals surface area (Å²) in [6.07, 6.45) is 2.59. The largest absolute Gasteiger partial charge is 0.481 e. The van der Waals surface area contributed by atoms with Gasteiger partial charge in [0.2, 0.25) is 0 Å². The molecule has 9 nitrogen and oxygen atoms in total. The fourth-order valence-corrected chi connectivity index (χ4v) is 6.50. The molecule has 2 bridgehead atoms. The van der Waals surface area contributed by atoms with E-state index in [1.807, 2.05) is 19.9 Å². The molecule has 0 amide bonds. The number of fused-ring (bicyclic) bond motifs is 4. The molecule has 2 aliphatic heterocycles. The van der Waals surface area contributed by atoms with Gasteiger partial charge in [-0.1, -0.05) is 27.7 Å². The zero-order valence-corrected chi connectivity index (χ0v) is 20.9. The molecule has 1 saturated heterocycles. The molecular weight excluding hydrogens is 468 g/mol. The van der Waals surface area contributed by atoms with Crippen LogP contribution in [0.2, 0.25) is 0 Å². The standard InChI is InChI=1S/C27H30O9/c1-13-20-22(25(31)32-5)36-24(26(20,2)3)15-10-17(34-21(13)15)16-11-19(30)35-23(14-7-9-33-12-14)27(16,4)8-6-18(28)29/h7,9-13,20,22-24H,6,8H2,1-5H3,(H,28,29)/t13-,20-,22+,23+,24-,27-/m1/s1. The van der Waals surface area contributed by atoms with Crippen molar-refractivity contribution < 1.29 is 42.5 Å². The number of hydrogen-bond donors (Lipinski definition) is 1. The molecule has 2 aromatic rings. The zero-order valence-electron chi connectivity index (χ0n) is 20.9. The number of esters is 2. The maximum atomic E-state index is 12.7. The van der Waals surface area contributed by atoms with Crippen molar-refractivity contribution in [1.82, 2.24) is 0 Å². The van der Waals surface area contributed by atoms with E-state index in [0.29, 0.717) is 22.7 Å². The molecule has 0 saturated carbocycles. The van der Waals surface area contributed by atoms with Crippen LogP contribution in [0.5, 0.6) is 0 Å². The lowest BCUT2D eigenvalue weighted by molar-refractivity contribution is -0.155. The van der Waals surface area contributed by atoms with Crippen molar-refractivity contribution in [3.05, 3.63) is 53.4 Å². The predicted molar refractivity (Wildman–Crippen MR) is 125 cm³/mol. The Hall–Kier alpha value is -3.33. The Bertz CT molecular complexity index is 1230. The normalized spacial score (nSPS) is 32.4. The Labute approximate surface area is 208 Å². The highest BCUT2D eigenvalue weighted by atomic mass is 16.6. The van der Waals surface area contributed by atoms with Crippen LogP contribution in [-0.4, -0.2) is 36.2 Å². The van der Waals surface area contributed by atoms with Gasteiger partial charge in [-0.15, -0.1) is 0 Å². The van der Waals surface area contributed by atoms with Crippen molar-refractivity contribution in [3.8, 4) is 0 Å². The van der Waals surface area contributed by atoms with Gasteiger partial charge in [-0.3, -0.25) is 4.79 Å². The molecule has 4 heterocycles. The van der Waals surface area contributed by atoms with Gasteiger partial charge < -0.3 is 28.2 Å². The van der Waals surface area contributed by atoms with Gasteiger partial charge >= 0.3 is 17.9 Å². The number of carboxylic acid groups (broad SMARTS) is 1. The van der Waals surface area contributed by atoms with Gasteiger partial charge in [-0.25, -0.2) is 9.59 Å². The van der Waals surface area contributed by atoms with E-state index in [4.69, 9.17) is 23.0 Å². The van der Waals surface area contributed by atoms with Crippen LogP contribution in [0.3, 0.4) is 0 Å². The molecule has 6 atom stereocenters. The lowest BCUT2D eigenvalue weighted by Gasteiger charge is -2.40. The second-order valence-electron chi connectivity index (χ2n) is 10.8. The molecule has 9 heteroatoms. The van der Waals surface area contributed by atoms with E-state index in [2.05, 4.69) is 13.8 Å². The van der Waals surface area contributed by atoms with Gasteiger partial charge in [-0.2, -0.15) is 0 Å². The molecule has 1 N–H and O–H groups in total. The van der Waals surface area contributed by atoms with Gasteiger partial charge in [0, 0.05) is 51.9 Å². The molecule has 0 unspecified atom stereocenters. The first-order valence-electron chi connectivity index (χ1n) is 12.0. The first-order chi connectivity index (χ1) is 17.0. The Balaban J connectivity index is 1.60. The van der Waals surface area contributed by atoms with E-state index in [0.717, 1.165) is 5.56 Å². The van der Waals surface area contributed by atoms with Crippen LogP contribution in [0, 0.1) is 16.7 Å². The van der Waals surface area contributed by atoms with Crippen molar-refractivity contribution in [1.29, 1.82) is 0 Å². The number of rotatable bonds is 6. The molecule has 3 aliphatic rings. The van der Waals surface area contributed by atoms with Crippen molar-refractivity contribution >= 4 is 23.5 Å². The molecular formula is C27H30O9. The first-order valence-corrected chi connectivity index (χ1v) is 12.0. The number of hydrogen-bond acceptors (Lipinski definition) is 8. The highest BCUT2D eigenvalue weighted by Crippen LogP contribution is 2.63. The lowest BCUT2D eigenvalue weighted by atomic mass is 9.62. The fraction of sp³-hybridized carbons (Fsp3) is 0.519. The monoisotopic (exact) mass is 498 g/mol. The highest BCUT2D eigenvalue weighted by Gasteiger charge is 2.61. The predicted octanol–water partition coefficient (Wildman–Crippen LogP) is 4.80. The summed E-state index contributed by atoms with van der Waals surface area (Å²) in [5, 5.41) is 9.45. The van der Waals surface area contributed by atoms with Gasteiger partial charge in [-0.05, 0) is 18.6 Å². The SMILES string of the molecule is COC(=O)[C@H]1O[C@@H]2c3cc(C4=CC(=O)O[C@@H](c5ccoc5)[C@]4(C)CCC(=O)O)oc3[C@H](C)[C@H]1C2(C)C. The van der Waals surface area contributed by atoms with Gasteiger partial charge in [0.1, 0.15) is 17.6 Å². The molecule has 192 valence electrons. The Morgan fingerprint density at radius 1 is 1.19 bits per heavy atom. The molecule has 1 aliphatic carbocycles. The molecule has 2 aromatic heterocycles. The summed E-state index contributed by atoms with van der Waals surface area (Å²) in [6.45, 7) is 8.01. The minimum Gasteiger partial charge on any atom is -0.481 e. The zero-order chi connectivity index (χ0) is 26.0. The minimum absolute atomic E-state index is 0.127. The number of carboxylic acids is 1. The summed E-state index contributed by atoms with van der Waals surface area (Å²) in [7, 11) is 1.35. The van der Waals surface area contributed by atoms with Crippen LogP contribution in [0.1, 0.15) is 81.3 Å². The van der Waals surface area contributed by atoms with Crippen LogP contribution in [0.15, 0.2) is 39.6 Å². The number of carbonyl (C=O) groups excluding carboxylic acids is 2. The van der Waals surface area contributed by atoms with Crippen LogP contribution in [-0.2, 0) is 28.6 Å². The number of cyclic esters (lactones) is 1. The summed E-state index contributed by atoms with van der Waals surface area (Å²) >= 11 is 0. The summed E-state index contributed by atoms with van der Waals surface area (Å²) in [5.41, 5.74) is 0.759. The van der Waals surface area contributed by atoms with E-state index < -0.39 is 41.6 Å². The minimum atomic E-state index is -0.952. The number of carbonyl (C=O) groups is 3. The number of furan rings is 2. The van der Waals surface area contributed by atoms with Crippen LogP contribution < -0.4 is 0 Å². The Kier molecular flexibility index (Phi) is 5.66. The number of methoxy groups -OCH3 is 1. The van der Waals surface area contributed by atoms with E-state index in [9.17, 15) is 19.5 Å². The van der Waals surface area contributed by atoms with Crippen molar-refractivity contribution in [2.45, 2.75) is 64.8 Å². The number of ether oxygens (including phenoxy) is 3. The second kappa shape index (κ2) is 8.37. The first kappa shape index (κ1) is 24.4. The van der Waals surface area contributed by atoms with Crippen molar-refractivity contribution in [2.24, 2.45) is 16.7 Å². The third-order valence-electron chi connectivity index (χ3n) is 8.26. The average Bonchev–Trinajstić information content (AvgIpc) is 3.54. The smallest absolute Gasteiger partial charge is 0.335 e. The quantitative estimate of drug-likeness (QED) is 0.559. The molecule has 0 radical (unpaired) electrons. The van der Waals surface area contributed by atoms with E-state index in [-0.39, 0.29) is 30.1 Å². The number of aliphatic carboxylic acids is 1. The van der Waals surface area contributed by atoms with Crippen molar-refractivity contribution in [3.63, 3.8) is 0 Å². The summed E-state index contributed by atoms with van der Waals surface area (Å²) in [5.74, 6) is -1.06. The highest BCUT2D eigenvalue weighted by molar-refractivity contribution is 5.94. The maximum absolute atomic E-state index is 12.7. The van der Waals surface area contributed by atoms with Gasteiger partial charge in [0.05, 0.1) is 25.7 Å². The summed E-state index contributed by atoms with van der Waals surface area (Å²) in [4.78, 5) is 36.7. The van der Waals surface area contributed by atoms with E-state index in [1.54, 1.807) is 6.07 Å². The third kappa shape index (κ3) is 3.51. The maximum Gasteiger partial charge on any atom is 0.335 e. The van der Waals surface area contributed by atoms with Gasteiger partial charge in [0.15, 0.2) is 6.10 Å². The lowest BCUT2D eigenvalue weighted by Crippen LogP contribution is -2.38. The summed E-state index contributed by atoms with van der Waals surface area (Å²) in [6, 6.07) is 3.57. The molecule has 36 heavy (non-hydrogen) atoms. The molecule has 5 rings (SSSR count). The summed E-state index contributed by atoms with van der Waals surface area (Å²) < 4.78 is 28.6. The van der Waals surface area contributed by atoms with E-state index in [1.165, 1.54) is 25.7 Å². The molecule has 0 spiro atoms. The fourth-order valence-electron chi connectivity index (χ4n) is 6.50. The average molecular weight is 499 g/mol. The van der Waals surface area contributed by atoms with Crippen LogP contribution >= 0.6 is 0 Å². The third-order valence-corrected chi connectivity index (χ3v) is 8.26. The van der Waals surface area contributed by atoms with Crippen LogP contribution in [0.25, 0.3) is 5.57 Å². The Morgan fingerprint density at radius 3 is 2.58 bits per heavy atom. The van der Waals surface area contributed by atoms with Gasteiger partial charge in [0.25, 0.3) is 0 Å². The molecule has 0 aromatic carbocycles. The van der Waals surface area contributed by atoms with Crippen LogP contribution in [0.4, 0.5) is 0 Å². The molecule has 1 fully saturated rings. The topological polar surface area (TPSA) is 125 Å². The second-order valence-corrected chi connectivity index (χ2v) is 10.8. The Morgan fingerprint density at radius 2 is 1.94 bits per heavy atom. The van der Waals surface area contributed by atoms with E-state index >= 15 is 0 Å².